The van der Waals surface area contributed by atoms with Crippen LogP contribution in [0.4, 0.5) is 4.79 Å². The predicted octanol–water partition coefficient (Wildman–Crippen LogP) is 2.04. The van der Waals surface area contributed by atoms with Gasteiger partial charge < -0.3 is 15.7 Å². The molecule has 0 aliphatic heterocycles. The summed E-state index contributed by atoms with van der Waals surface area (Å²) in [6, 6.07) is 6.02. The lowest BCUT2D eigenvalue weighted by Gasteiger charge is -2.13. The SMILES string of the molecule is CC[C@@H](NC(=O)NCCc1ccc(Cl)cc1)C(=O)O. The zero-order valence-electron chi connectivity index (χ0n) is 10.6. The van der Waals surface area contributed by atoms with Gasteiger partial charge in [0, 0.05) is 11.6 Å². The van der Waals surface area contributed by atoms with Gasteiger partial charge in [0.05, 0.1) is 0 Å². The molecule has 1 atom stereocenters. The van der Waals surface area contributed by atoms with Crippen molar-refractivity contribution in [1.82, 2.24) is 10.6 Å². The first-order chi connectivity index (χ1) is 9.02. The van der Waals surface area contributed by atoms with Gasteiger partial charge in [-0.15, -0.1) is 0 Å². The molecular formula is C13H17ClN2O3. The van der Waals surface area contributed by atoms with Crippen LogP contribution in [0.15, 0.2) is 24.3 Å². The zero-order valence-corrected chi connectivity index (χ0v) is 11.4. The zero-order chi connectivity index (χ0) is 14.3. The fourth-order valence-electron chi connectivity index (χ4n) is 1.52. The molecule has 3 N–H and O–H groups in total. The molecule has 0 radical (unpaired) electrons. The smallest absolute Gasteiger partial charge is 0.326 e. The molecule has 2 amide bonds. The summed E-state index contributed by atoms with van der Waals surface area (Å²) in [5.41, 5.74) is 1.05. The Bertz CT molecular complexity index is 434. The van der Waals surface area contributed by atoms with Crippen molar-refractivity contribution < 1.29 is 14.7 Å². The number of hydrogen-bond donors (Lipinski definition) is 3. The Kier molecular flexibility index (Phi) is 6.15. The molecule has 0 bridgehead atoms. The summed E-state index contributed by atoms with van der Waals surface area (Å²) in [5, 5.41) is 14.5. The van der Waals surface area contributed by atoms with E-state index in [-0.39, 0.29) is 0 Å². The molecule has 104 valence electrons. The van der Waals surface area contributed by atoms with Crippen molar-refractivity contribution in [2.24, 2.45) is 0 Å². The molecule has 1 aromatic carbocycles. The Labute approximate surface area is 117 Å². The molecule has 5 nitrogen and oxygen atoms in total. The van der Waals surface area contributed by atoms with E-state index in [9.17, 15) is 9.59 Å². The van der Waals surface area contributed by atoms with Crippen LogP contribution in [0.1, 0.15) is 18.9 Å². The van der Waals surface area contributed by atoms with Crippen LogP contribution in [0.25, 0.3) is 0 Å². The number of rotatable bonds is 6. The van der Waals surface area contributed by atoms with E-state index in [4.69, 9.17) is 16.7 Å². The van der Waals surface area contributed by atoms with Crippen LogP contribution in [0, 0.1) is 0 Å². The summed E-state index contributed by atoms with van der Waals surface area (Å²) >= 11 is 5.76. The standard InChI is InChI=1S/C13H17ClN2O3/c1-2-11(12(17)18)16-13(19)15-8-7-9-3-5-10(14)6-4-9/h3-6,11H,2,7-8H2,1H3,(H,17,18)(H2,15,16,19)/t11-/m1/s1. The lowest BCUT2D eigenvalue weighted by molar-refractivity contribution is -0.139. The fraction of sp³-hybridized carbons (Fsp3) is 0.385. The van der Waals surface area contributed by atoms with Crippen LogP contribution < -0.4 is 10.6 Å². The minimum atomic E-state index is -1.03. The minimum Gasteiger partial charge on any atom is -0.480 e. The number of hydrogen-bond acceptors (Lipinski definition) is 2. The van der Waals surface area contributed by atoms with Crippen molar-refractivity contribution in [2.45, 2.75) is 25.8 Å². The molecule has 0 unspecified atom stereocenters. The second-order valence-electron chi connectivity index (χ2n) is 4.08. The molecule has 0 saturated heterocycles. The van der Waals surface area contributed by atoms with Gasteiger partial charge in [0.1, 0.15) is 6.04 Å². The molecule has 19 heavy (non-hydrogen) atoms. The molecular weight excluding hydrogens is 268 g/mol. The quantitative estimate of drug-likeness (QED) is 0.748. The average Bonchev–Trinajstić information content (AvgIpc) is 2.38. The maximum absolute atomic E-state index is 11.5. The molecule has 1 rings (SSSR count). The van der Waals surface area contributed by atoms with Crippen molar-refractivity contribution in [3.63, 3.8) is 0 Å². The van der Waals surface area contributed by atoms with E-state index in [1.54, 1.807) is 19.1 Å². The van der Waals surface area contributed by atoms with E-state index in [0.29, 0.717) is 24.4 Å². The van der Waals surface area contributed by atoms with Crippen LogP contribution >= 0.6 is 11.6 Å². The molecule has 6 heteroatoms. The van der Waals surface area contributed by atoms with Gasteiger partial charge in [0.25, 0.3) is 0 Å². The number of urea groups is 1. The Morgan fingerprint density at radius 3 is 2.47 bits per heavy atom. The summed E-state index contributed by atoms with van der Waals surface area (Å²) in [7, 11) is 0. The number of aliphatic carboxylic acids is 1. The molecule has 0 heterocycles. The van der Waals surface area contributed by atoms with Crippen LogP contribution in [0.5, 0.6) is 0 Å². The van der Waals surface area contributed by atoms with Gasteiger partial charge in [-0.3, -0.25) is 0 Å². The first kappa shape index (κ1) is 15.3. The van der Waals surface area contributed by atoms with Gasteiger partial charge in [-0.1, -0.05) is 30.7 Å². The van der Waals surface area contributed by atoms with E-state index in [1.807, 2.05) is 12.1 Å². The third-order valence-corrected chi connectivity index (χ3v) is 2.88. The van der Waals surface area contributed by atoms with E-state index in [0.717, 1.165) is 5.56 Å². The Morgan fingerprint density at radius 2 is 1.95 bits per heavy atom. The highest BCUT2D eigenvalue weighted by Crippen LogP contribution is 2.09. The number of carboxylic acids is 1. The lowest BCUT2D eigenvalue weighted by atomic mass is 10.1. The van der Waals surface area contributed by atoms with Gasteiger partial charge in [-0.05, 0) is 30.5 Å². The number of halogens is 1. The van der Waals surface area contributed by atoms with Crippen molar-refractivity contribution in [2.75, 3.05) is 6.54 Å². The largest absolute Gasteiger partial charge is 0.480 e. The van der Waals surface area contributed by atoms with E-state index < -0.39 is 18.0 Å². The molecule has 0 saturated carbocycles. The van der Waals surface area contributed by atoms with Crippen LogP contribution in [-0.2, 0) is 11.2 Å². The lowest BCUT2D eigenvalue weighted by Crippen LogP contribution is -2.46. The second kappa shape index (κ2) is 7.63. The highest BCUT2D eigenvalue weighted by molar-refractivity contribution is 6.30. The molecule has 0 spiro atoms. The Morgan fingerprint density at radius 1 is 1.32 bits per heavy atom. The number of amides is 2. The Balaban J connectivity index is 2.30. The summed E-state index contributed by atoms with van der Waals surface area (Å²) in [6.45, 7) is 2.14. The summed E-state index contributed by atoms with van der Waals surface area (Å²) in [6.07, 6.45) is 1.01. The molecule has 0 fully saturated rings. The van der Waals surface area contributed by atoms with Crippen molar-refractivity contribution >= 4 is 23.6 Å². The highest BCUT2D eigenvalue weighted by atomic mass is 35.5. The van der Waals surface area contributed by atoms with Gasteiger partial charge in [0.2, 0.25) is 0 Å². The molecule has 0 aliphatic rings. The topological polar surface area (TPSA) is 78.4 Å². The Hall–Kier alpha value is -1.75. The third kappa shape index (κ3) is 5.61. The summed E-state index contributed by atoms with van der Waals surface area (Å²) in [4.78, 5) is 22.2. The van der Waals surface area contributed by atoms with E-state index in [2.05, 4.69) is 10.6 Å². The maximum atomic E-state index is 11.5. The number of carbonyl (C=O) groups excluding carboxylic acids is 1. The number of benzene rings is 1. The first-order valence-corrected chi connectivity index (χ1v) is 6.42. The van der Waals surface area contributed by atoms with Crippen molar-refractivity contribution in [3.05, 3.63) is 34.9 Å². The molecule has 0 aromatic heterocycles. The van der Waals surface area contributed by atoms with Gasteiger partial charge in [0.15, 0.2) is 0 Å². The number of carboxylic acid groups (broad SMARTS) is 1. The van der Waals surface area contributed by atoms with Gasteiger partial charge in [-0.25, -0.2) is 9.59 Å². The van der Waals surface area contributed by atoms with Gasteiger partial charge >= 0.3 is 12.0 Å². The first-order valence-electron chi connectivity index (χ1n) is 6.04. The van der Waals surface area contributed by atoms with Gasteiger partial charge in [-0.2, -0.15) is 0 Å². The van der Waals surface area contributed by atoms with E-state index in [1.165, 1.54) is 0 Å². The number of carbonyl (C=O) groups is 2. The van der Waals surface area contributed by atoms with Crippen molar-refractivity contribution in [1.29, 1.82) is 0 Å². The third-order valence-electron chi connectivity index (χ3n) is 2.62. The normalized spacial score (nSPS) is 11.7. The average molecular weight is 285 g/mol. The second-order valence-corrected chi connectivity index (χ2v) is 4.51. The van der Waals surface area contributed by atoms with Crippen LogP contribution in [0.3, 0.4) is 0 Å². The van der Waals surface area contributed by atoms with Crippen molar-refractivity contribution in [3.8, 4) is 0 Å². The van der Waals surface area contributed by atoms with Crippen LogP contribution in [-0.4, -0.2) is 29.7 Å². The summed E-state index contributed by atoms with van der Waals surface area (Å²) < 4.78 is 0. The predicted molar refractivity (Wildman–Crippen MR) is 73.4 cm³/mol. The van der Waals surface area contributed by atoms with Crippen LogP contribution in [0.2, 0.25) is 5.02 Å². The molecule has 1 aromatic rings. The minimum absolute atomic E-state index is 0.347. The summed E-state index contributed by atoms with van der Waals surface area (Å²) in [5.74, 6) is -1.03. The maximum Gasteiger partial charge on any atom is 0.326 e. The van der Waals surface area contributed by atoms with E-state index >= 15 is 0 Å². The fourth-order valence-corrected chi connectivity index (χ4v) is 1.65. The monoisotopic (exact) mass is 284 g/mol. The number of nitrogens with one attached hydrogen (secondary N) is 2. The highest BCUT2D eigenvalue weighted by Gasteiger charge is 2.16. The molecule has 0 aliphatic carbocycles.